The van der Waals surface area contributed by atoms with Gasteiger partial charge in [0, 0.05) is 0 Å². The van der Waals surface area contributed by atoms with E-state index in [9.17, 15) is 34.8 Å². The van der Waals surface area contributed by atoms with Crippen LogP contribution in [-0.4, -0.2) is 78.1 Å². The Kier molecular flexibility index (Phi) is 18.2. The van der Waals surface area contributed by atoms with Crippen molar-refractivity contribution < 1.29 is 76.1 Å². The summed E-state index contributed by atoms with van der Waals surface area (Å²) >= 11 is 0. The summed E-state index contributed by atoms with van der Waals surface area (Å²) in [6, 6.07) is 50.7. The first kappa shape index (κ1) is 53.3. The van der Waals surface area contributed by atoms with E-state index in [0.717, 1.165) is 14.0 Å². The number of benzene rings is 6. The Morgan fingerprint density at radius 1 is 0.457 bits per heavy atom. The summed E-state index contributed by atoms with van der Waals surface area (Å²) in [7, 11) is -17.2. The van der Waals surface area contributed by atoms with Crippen molar-refractivity contribution in [2.75, 3.05) is 13.7 Å². The Hall–Kier alpha value is -4.48. The number of carbonyl (C=O) groups is 1. The molecule has 0 spiro atoms. The molecule has 5 atom stereocenters. The normalized spacial score (nSPS) is 22.5. The molecule has 6 aromatic rings. The van der Waals surface area contributed by atoms with Crippen LogP contribution in [0, 0.1) is 0 Å². The molecule has 6 aromatic carbocycles. The Labute approximate surface area is 408 Å². The Balaban J connectivity index is 1.55. The number of carbonyl (C=O) groups excluding carboxylic acids is 1. The third kappa shape index (κ3) is 11.4. The average molecular weight is 1020 g/mol. The van der Waals surface area contributed by atoms with Crippen LogP contribution in [0.5, 0.6) is 0 Å². The average Bonchev–Trinajstić information content (AvgIpc) is 3.40. The zero-order valence-corrected chi connectivity index (χ0v) is 41.7. The molecule has 16 nitrogen and oxygen atoms in total. The van der Waals surface area contributed by atoms with Crippen molar-refractivity contribution in [1.82, 2.24) is 0 Å². The van der Waals surface area contributed by atoms with E-state index in [1.807, 2.05) is 0 Å². The van der Waals surface area contributed by atoms with Gasteiger partial charge in [-0.2, -0.15) is 0 Å². The predicted octanol–water partition coefficient (Wildman–Crippen LogP) is 7.75. The number of esters is 1. The summed E-state index contributed by atoms with van der Waals surface area (Å²) in [4.78, 5) is 53.9. The molecule has 70 heavy (non-hydrogen) atoms. The summed E-state index contributed by atoms with van der Waals surface area (Å²) in [5.74, 6) is -0.902. The third-order valence-electron chi connectivity index (χ3n) is 11.9. The van der Waals surface area contributed by atoms with Gasteiger partial charge in [0.2, 0.25) is 0 Å². The summed E-state index contributed by atoms with van der Waals surface area (Å²) in [5.41, 5.74) is 2.63. The number of aliphatic hydroxyl groups is 3. The van der Waals surface area contributed by atoms with Gasteiger partial charge in [-0.05, 0) is 0 Å². The van der Waals surface area contributed by atoms with Gasteiger partial charge in [-0.1, -0.05) is 0 Å². The second kappa shape index (κ2) is 23.8. The van der Waals surface area contributed by atoms with Crippen LogP contribution in [0.3, 0.4) is 0 Å². The van der Waals surface area contributed by atoms with Crippen molar-refractivity contribution in [2.45, 2.75) is 75.0 Å². The van der Waals surface area contributed by atoms with Crippen LogP contribution in [0.4, 0.5) is 0 Å². The molecule has 376 valence electrons. The number of methoxy groups -OCH3 is 1. The van der Waals surface area contributed by atoms with E-state index in [0.29, 0.717) is 33.4 Å². The molecule has 1 aliphatic rings. The second-order valence-electron chi connectivity index (χ2n) is 16.6. The minimum absolute atomic E-state index is 0.417. The van der Waals surface area contributed by atoms with Gasteiger partial charge in [0.1, 0.15) is 0 Å². The molecule has 0 unspecified atom stereocenters. The molecule has 1 aliphatic heterocycles. The van der Waals surface area contributed by atoms with Crippen molar-refractivity contribution in [1.29, 1.82) is 0 Å². The molecule has 0 saturated carbocycles. The predicted molar refractivity (Wildman–Crippen MR) is 266 cm³/mol. The zero-order valence-electron chi connectivity index (χ0n) is 38.7. The molecule has 19 heteroatoms. The van der Waals surface area contributed by atoms with Crippen LogP contribution < -0.4 is 0 Å². The fraction of sp³-hybridized carbons (Fsp3) is 0.275. The van der Waals surface area contributed by atoms with Gasteiger partial charge in [0.15, 0.2) is 0 Å². The van der Waals surface area contributed by atoms with Crippen molar-refractivity contribution in [3.63, 3.8) is 0 Å². The van der Waals surface area contributed by atoms with Crippen LogP contribution in [0.1, 0.15) is 40.3 Å². The van der Waals surface area contributed by atoms with Gasteiger partial charge in [-0.15, -0.1) is 0 Å². The Bertz CT molecular complexity index is 2390. The Morgan fingerprint density at radius 2 is 0.714 bits per heavy atom. The maximum atomic E-state index is 14.7. The first-order valence-corrected chi connectivity index (χ1v) is 27.7. The van der Waals surface area contributed by atoms with E-state index in [-0.39, 0.29) is 0 Å². The molecule has 0 bridgehead atoms. The van der Waals surface area contributed by atoms with E-state index in [1.165, 1.54) is 0 Å². The van der Waals surface area contributed by atoms with E-state index in [1.54, 1.807) is 182 Å². The van der Waals surface area contributed by atoms with Crippen LogP contribution in [0.15, 0.2) is 182 Å². The molecule has 1 saturated heterocycles. The first-order chi connectivity index (χ1) is 33.7. The number of hydrogen-bond donors (Lipinski definition) is 6. The SMILES string of the molecule is CO[C@H]1O[C@H](COC(C)=O)[C@](O)([PH](O)(OCc2ccccc2)OCc2ccccc2)[C@@](O)([PH](O)(OCc2ccccc2)OCc2ccccc2)[C@@]1(O)[PH](O)(OCc1ccccc1)OCc1ccccc1. The molecule has 0 amide bonds. The van der Waals surface area contributed by atoms with E-state index in [2.05, 4.69) is 0 Å². The van der Waals surface area contributed by atoms with E-state index < -0.39 is 104 Å². The van der Waals surface area contributed by atoms with Crippen LogP contribution in [-0.2, 0) is 85.8 Å². The summed E-state index contributed by atoms with van der Waals surface area (Å²) in [5, 5.41) is 31.6. The van der Waals surface area contributed by atoms with Gasteiger partial charge in [-0.3, -0.25) is 0 Å². The Morgan fingerprint density at radius 3 is 0.971 bits per heavy atom. The van der Waals surface area contributed by atoms with Gasteiger partial charge in [0.25, 0.3) is 0 Å². The van der Waals surface area contributed by atoms with Gasteiger partial charge < -0.3 is 0 Å². The molecule has 0 aromatic heterocycles. The molecule has 6 N–H and O–H groups in total. The molecular weight excluding hydrogens is 961 g/mol. The van der Waals surface area contributed by atoms with Gasteiger partial charge >= 0.3 is 410 Å². The van der Waals surface area contributed by atoms with Crippen molar-refractivity contribution in [3.8, 4) is 0 Å². The number of rotatable bonds is 24. The first-order valence-electron chi connectivity index (χ1n) is 22.4. The number of ether oxygens (including phenoxy) is 3. The van der Waals surface area contributed by atoms with Crippen LogP contribution in [0.2, 0.25) is 0 Å². The van der Waals surface area contributed by atoms with Crippen molar-refractivity contribution in [2.24, 2.45) is 0 Å². The summed E-state index contributed by atoms with van der Waals surface area (Å²) in [6.45, 7) is -3.12. The quantitative estimate of drug-likeness (QED) is 0.0252. The molecule has 0 radical (unpaired) electrons. The minimum atomic E-state index is -6.23. The second-order valence-corrected chi connectivity index (χ2v) is 24.1. The van der Waals surface area contributed by atoms with E-state index in [4.69, 9.17) is 41.4 Å². The third-order valence-corrected chi connectivity index (χ3v) is 20.5. The summed E-state index contributed by atoms with van der Waals surface area (Å²) in [6.07, 6.45) is -4.67. The topological polar surface area (TPSA) is 222 Å². The van der Waals surface area contributed by atoms with Crippen molar-refractivity contribution >= 4 is 29.8 Å². The van der Waals surface area contributed by atoms with E-state index >= 15 is 0 Å². The van der Waals surface area contributed by atoms with Crippen LogP contribution >= 0.6 is 23.8 Å². The van der Waals surface area contributed by atoms with Gasteiger partial charge in [-0.25, -0.2) is 0 Å². The molecule has 0 aliphatic carbocycles. The summed E-state index contributed by atoms with van der Waals surface area (Å²) < 4.78 is 56.3. The monoisotopic (exact) mass is 1020 g/mol. The standard InChI is InChI=1S/C51H61O16P3/c1-40(52)60-39-47-49(53,68(56,61-33-41-21-9-3-10-22-41)62-34-42-23-11-4-12-24-42)51(55,70(58,65-37-45-29-17-7-18-30-45)66-38-46-31-19-8-20-32-46)50(54,48(59-2)67-47)69(57,63-35-43-25-13-5-14-26-43)64-36-44-27-15-6-16-28-44/h3-32,47-48,53-58,68-70H,33-39H2,1-2H3/t47-,48+,49+,50+,51-/m1/s1. The maximum absolute atomic E-state index is 14.7. The van der Waals surface area contributed by atoms with Gasteiger partial charge in [0.05, 0.1) is 0 Å². The molecular formula is C51H61O16P3. The zero-order chi connectivity index (χ0) is 49.7. The molecule has 1 heterocycles. The molecule has 1 fully saturated rings. The molecule has 7 rings (SSSR count). The number of hydrogen-bond acceptors (Lipinski definition) is 16. The van der Waals surface area contributed by atoms with Crippen LogP contribution in [0.25, 0.3) is 0 Å². The fourth-order valence-electron chi connectivity index (χ4n) is 8.22. The van der Waals surface area contributed by atoms with Crippen molar-refractivity contribution in [3.05, 3.63) is 215 Å². The fourth-order valence-corrected chi connectivity index (χ4v) is 17.5.